The Hall–Kier alpha value is -1.55. The van der Waals surface area contributed by atoms with Crippen LogP contribution < -0.4 is 10.2 Å². The minimum atomic E-state index is -0.0230. The minimum absolute atomic E-state index is 0.0230. The molecule has 0 saturated carbocycles. The number of carbonyl (C=O) groups is 1. The van der Waals surface area contributed by atoms with Crippen LogP contribution in [0.15, 0.2) is 24.3 Å². The Morgan fingerprint density at radius 2 is 2.15 bits per heavy atom. The number of rotatable bonds is 6. The molecule has 1 fully saturated rings. The lowest BCUT2D eigenvalue weighted by Crippen LogP contribution is -2.31. The van der Waals surface area contributed by atoms with Crippen molar-refractivity contribution in [1.82, 2.24) is 5.32 Å². The van der Waals surface area contributed by atoms with Gasteiger partial charge >= 0.3 is 0 Å². The Balaban J connectivity index is 1.86. The summed E-state index contributed by atoms with van der Waals surface area (Å²) in [5.41, 5.74) is 1.85. The van der Waals surface area contributed by atoms with Gasteiger partial charge in [-0.25, -0.2) is 0 Å². The highest BCUT2D eigenvalue weighted by molar-refractivity contribution is 5.94. The van der Waals surface area contributed by atoms with Gasteiger partial charge in [0.15, 0.2) is 0 Å². The summed E-state index contributed by atoms with van der Waals surface area (Å²) in [7, 11) is 2.07. The molecular formula is C16H24N2O2. The van der Waals surface area contributed by atoms with Gasteiger partial charge in [-0.15, -0.1) is 0 Å². The average molecular weight is 276 g/mol. The van der Waals surface area contributed by atoms with Gasteiger partial charge in [-0.05, 0) is 43.5 Å². The van der Waals surface area contributed by atoms with E-state index in [-0.39, 0.29) is 12.0 Å². The summed E-state index contributed by atoms with van der Waals surface area (Å²) in [6.07, 6.45) is 3.44. The van der Waals surface area contributed by atoms with E-state index in [4.69, 9.17) is 4.74 Å². The normalized spacial score (nSPS) is 18.0. The molecule has 0 spiro atoms. The molecule has 1 aliphatic heterocycles. The standard InChI is InChI=1S/C16H24N2O2/c1-3-10-18(2)14-8-6-13(7-9-14)16(19)17-12-15-5-4-11-20-15/h6-9,15H,3-5,10-12H2,1-2H3,(H,17,19). The van der Waals surface area contributed by atoms with E-state index in [0.29, 0.717) is 12.1 Å². The molecule has 0 bridgehead atoms. The molecule has 1 aromatic carbocycles. The van der Waals surface area contributed by atoms with E-state index in [2.05, 4.69) is 24.2 Å². The van der Waals surface area contributed by atoms with Gasteiger partial charge in [0, 0.05) is 38.0 Å². The number of ether oxygens (including phenoxy) is 1. The molecule has 1 aromatic rings. The summed E-state index contributed by atoms with van der Waals surface area (Å²) in [5.74, 6) is -0.0230. The smallest absolute Gasteiger partial charge is 0.251 e. The molecule has 0 aromatic heterocycles. The maximum atomic E-state index is 12.0. The molecule has 1 heterocycles. The second kappa shape index (κ2) is 7.29. The second-order valence-corrected chi connectivity index (χ2v) is 5.31. The third-order valence-corrected chi connectivity index (χ3v) is 3.64. The third kappa shape index (κ3) is 3.97. The molecular weight excluding hydrogens is 252 g/mol. The molecule has 2 rings (SSSR count). The predicted molar refractivity (Wildman–Crippen MR) is 81.3 cm³/mol. The van der Waals surface area contributed by atoms with E-state index < -0.39 is 0 Å². The zero-order valence-corrected chi connectivity index (χ0v) is 12.4. The average Bonchev–Trinajstić information content (AvgIpc) is 2.98. The Morgan fingerprint density at radius 1 is 1.40 bits per heavy atom. The largest absolute Gasteiger partial charge is 0.376 e. The first-order valence-corrected chi connectivity index (χ1v) is 7.41. The summed E-state index contributed by atoms with van der Waals surface area (Å²) in [4.78, 5) is 14.2. The molecule has 1 amide bonds. The van der Waals surface area contributed by atoms with Gasteiger partial charge in [0.2, 0.25) is 0 Å². The van der Waals surface area contributed by atoms with Crippen molar-refractivity contribution in [3.05, 3.63) is 29.8 Å². The minimum Gasteiger partial charge on any atom is -0.376 e. The molecule has 1 N–H and O–H groups in total. The maximum Gasteiger partial charge on any atom is 0.251 e. The number of nitrogens with zero attached hydrogens (tertiary/aromatic N) is 1. The monoisotopic (exact) mass is 276 g/mol. The van der Waals surface area contributed by atoms with Gasteiger partial charge in [0.25, 0.3) is 5.91 Å². The van der Waals surface area contributed by atoms with Crippen molar-refractivity contribution in [1.29, 1.82) is 0 Å². The highest BCUT2D eigenvalue weighted by atomic mass is 16.5. The van der Waals surface area contributed by atoms with Crippen LogP contribution in [0.25, 0.3) is 0 Å². The molecule has 1 saturated heterocycles. The number of amides is 1. The zero-order valence-electron chi connectivity index (χ0n) is 12.4. The van der Waals surface area contributed by atoms with Crippen molar-refractivity contribution in [3.63, 3.8) is 0 Å². The van der Waals surface area contributed by atoms with E-state index >= 15 is 0 Å². The first-order chi connectivity index (χ1) is 9.70. The zero-order chi connectivity index (χ0) is 14.4. The first-order valence-electron chi connectivity index (χ1n) is 7.41. The summed E-state index contributed by atoms with van der Waals surface area (Å²) < 4.78 is 5.50. The number of anilines is 1. The van der Waals surface area contributed by atoms with Crippen LogP contribution in [0.3, 0.4) is 0 Å². The second-order valence-electron chi connectivity index (χ2n) is 5.31. The number of nitrogens with one attached hydrogen (secondary N) is 1. The van der Waals surface area contributed by atoms with Crippen molar-refractivity contribution in [2.24, 2.45) is 0 Å². The van der Waals surface area contributed by atoms with Crippen molar-refractivity contribution in [3.8, 4) is 0 Å². The summed E-state index contributed by atoms with van der Waals surface area (Å²) in [6, 6.07) is 7.76. The Bertz CT molecular complexity index is 425. The molecule has 4 nitrogen and oxygen atoms in total. The molecule has 0 aliphatic carbocycles. The molecule has 1 aliphatic rings. The van der Waals surface area contributed by atoms with Crippen LogP contribution in [0.1, 0.15) is 36.5 Å². The summed E-state index contributed by atoms with van der Waals surface area (Å²) >= 11 is 0. The van der Waals surface area contributed by atoms with E-state index in [0.717, 1.165) is 38.1 Å². The fourth-order valence-corrected chi connectivity index (χ4v) is 2.45. The number of carbonyl (C=O) groups excluding carboxylic acids is 1. The molecule has 1 atom stereocenters. The van der Waals surface area contributed by atoms with Crippen molar-refractivity contribution >= 4 is 11.6 Å². The van der Waals surface area contributed by atoms with Crippen LogP contribution in [0, 0.1) is 0 Å². The van der Waals surface area contributed by atoms with Crippen LogP contribution in [0.4, 0.5) is 5.69 Å². The summed E-state index contributed by atoms with van der Waals surface area (Å²) in [6.45, 7) is 4.60. The van der Waals surface area contributed by atoms with E-state index in [9.17, 15) is 4.79 Å². The van der Waals surface area contributed by atoms with Gasteiger partial charge in [-0.1, -0.05) is 6.92 Å². The highest BCUT2D eigenvalue weighted by Gasteiger charge is 2.16. The lowest BCUT2D eigenvalue weighted by molar-refractivity contribution is 0.0858. The number of hydrogen-bond acceptors (Lipinski definition) is 3. The third-order valence-electron chi connectivity index (χ3n) is 3.64. The number of benzene rings is 1. The SMILES string of the molecule is CCCN(C)c1ccc(C(=O)NCC2CCCO2)cc1. The quantitative estimate of drug-likeness (QED) is 0.867. The van der Waals surface area contributed by atoms with E-state index in [1.807, 2.05) is 24.3 Å². The summed E-state index contributed by atoms with van der Waals surface area (Å²) in [5, 5.41) is 2.94. The Kier molecular flexibility index (Phi) is 5.41. The van der Waals surface area contributed by atoms with Gasteiger partial charge in [0.1, 0.15) is 0 Å². The fourth-order valence-electron chi connectivity index (χ4n) is 2.45. The molecule has 0 radical (unpaired) electrons. The van der Waals surface area contributed by atoms with Crippen LogP contribution in [0.2, 0.25) is 0 Å². The predicted octanol–water partition coefficient (Wildman–Crippen LogP) is 2.44. The number of hydrogen-bond donors (Lipinski definition) is 1. The molecule has 110 valence electrons. The molecule has 20 heavy (non-hydrogen) atoms. The highest BCUT2D eigenvalue weighted by Crippen LogP contribution is 2.14. The Morgan fingerprint density at radius 3 is 2.75 bits per heavy atom. The lowest BCUT2D eigenvalue weighted by Gasteiger charge is -2.18. The van der Waals surface area contributed by atoms with Crippen LogP contribution in [-0.4, -0.2) is 38.8 Å². The van der Waals surface area contributed by atoms with E-state index in [1.54, 1.807) is 0 Å². The van der Waals surface area contributed by atoms with Gasteiger partial charge in [-0.2, -0.15) is 0 Å². The fraction of sp³-hybridized carbons (Fsp3) is 0.562. The van der Waals surface area contributed by atoms with Crippen LogP contribution >= 0.6 is 0 Å². The molecule has 1 unspecified atom stereocenters. The molecule has 4 heteroatoms. The lowest BCUT2D eigenvalue weighted by atomic mass is 10.1. The van der Waals surface area contributed by atoms with Gasteiger partial charge < -0.3 is 15.0 Å². The Labute approximate surface area is 121 Å². The van der Waals surface area contributed by atoms with Crippen molar-refractivity contribution in [2.45, 2.75) is 32.3 Å². The first kappa shape index (κ1) is 14.9. The van der Waals surface area contributed by atoms with Crippen LogP contribution in [-0.2, 0) is 4.74 Å². The maximum absolute atomic E-state index is 12.0. The van der Waals surface area contributed by atoms with Gasteiger partial charge in [-0.3, -0.25) is 4.79 Å². The van der Waals surface area contributed by atoms with Crippen LogP contribution in [0.5, 0.6) is 0 Å². The van der Waals surface area contributed by atoms with Gasteiger partial charge in [0.05, 0.1) is 6.10 Å². The van der Waals surface area contributed by atoms with Crippen molar-refractivity contribution < 1.29 is 9.53 Å². The topological polar surface area (TPSA) is 41.6 Å². The van der Waals surface area contributed by atoms with Crippen molar-refractivity contribution in [2.75, 3.05) is 31.6 Å². The van der Waals surface area contributed by atoms with E-state index in [1.165, 1.54) is 0 Å².